The molecule has 0 aliphatic rings. The van der Waals surface area contributed by atoms with E-state index >= 15 is 0 Å². The molecule has 0 fully saturated rings. The summed E-state index contributed by atoms with van der Waals surface area (Å²) in [7, 11) is 0. The zero-order chi connectivity index (χ0) is 20.5. The number of hydrogen-bond donors (Lipinski definition) is 0. The molecular weight excluding hydrogens is 373 g/mol. The summed E-state index contributed by atoms with van der Waals surface area (Å²) in [6, 6.07) is 11.4. The van der Waals surface area contributed by atoms with Crippen LogP contribution in [-0.2, 0) is 15.8 Å². The lowest BCUT2D eigenvalue weighted by molar-refractivity contribution is -0.146. The Morgan fingerprint density at radius 1 is 1.07 bits per heavy atom. The topological polar surface area (TPSA) is 61.2 Å². The van der Waals surface area contributed by atoms with Crippen molar-refractivity contribution in [2.75, 3.05) is 0 Å². The van der Waals surface area contributed by atoms with E-state index in [-0.39, 0.29) is 11.4 Å². The van der Waals surface area contributed by atoms with Gasteiger partial charge in [0.1, 0.15) is 5.75 Å². The number of rotatable bonds is 4. The van der Waals surface area contributed by atoms with E-state index in [4.69, 9.17) is 4.74 Å². The van der Waals surface area contributed by atoms with E-state index < -0.39 is 23.5 Å². The highest BCUT2D eigenvalue weighted by molar-refractivity contribution is 6.33. The van der Waals surface area contributed by atoms with Gasteiger partial charge in [0.25, 0.3) is 0 Å². The summed E-state index contributed by atoms with van der Waals surface area (Å²) in [4.78, 5) is 22.6. The molecule has 0 unspecified atom stereocenters. The second-order valence-electron chi connectivity index (χ2n) is 6.12. The summed E-state index contributed by atoms with van der Waals surface area (Å²) in [5.74, 6) is -1.49. The molecule has 0 atom stereocenters. The van der Waals surface area contributed by atoms with Crippen molar-refractivity contribution in [2.24, 2.45) is 0 Å². The summed E-state index contributed by atoms with van der Waals surface area (Å²) >= 11 is 0. The SMILES string of the molecule is CC(=O)C(=O)Oc1cc(-c2ccn(-c3cccc(C(F)(F)F)c3)n2)ccc1C. The van der Waals surface area contributed by atoms with Crippen LogP contribution in [0.3, 0.4) is 0 Å². The number of aromatic nitrogens is 2. The van der Waals surface area contributed by atoms with Crippen LogP contribution in [0.2, 0.25) is 0 Å². The number of nitrogens with zero attached hydrogens (tertiary/aromatic N) is 2. The number of esters is 1. The summed E-state index contributed by atoms with van der Waals surface area (Å²) in [6.45, 7) is 2.83. The fourth-order valence-electron chi connectivity index (χ4n) is 2.49. The van der Waals surface area contributed by atoms with Gasteiger partial charge in [0.2, 0.25) is 5.78 Å². The second kappa shape index (κ2) is 7.30. The molecule has 0 spiro atoms. The predicted molar refractivity (Wildman–Crippen MR) is 95.1 cm³/mol. The van der Waals surface area contributed by atoms with Gasteiger partial charge in [-0.15, -0.1) is 0 Å². The lowest BCUT2D eigenvalue weighted by Gasteiger charge is -2.09. The lowest BCUT2D eigenvalue weighted by atomic mass is 10.1. The number of hydrogen-bond acceptors (Lipinski definition) is 4. The first-order valence-electron chi connectivity index (χ1n) is 8.22. The molecule has 28 heavy (non-hydrogen) atoms. The van der Waals surface area contributed by atoms with Gasteiger partial charge in [-0.3, -0.25) is 4.79 Å². The molecule has 3 aromatic rings. The van der Waals surface area contributed by atoms with Gasteiger partial charge in [0, 0.05) is 18.7 Å². The van der Waals surface area contributed by atoms with Crippen molar-refractivity contribution in [3.8, 4) is 22.7 Å². The first-order chi connectivity index (χ1) is 13.1. The van der Waals surface area contributed by atoms with Gasteiger partial charge in [0.15, 0.2) is 0 Å². The minimum atomic E-state index is -4.45. The predicted octanol–water partition coefficient (Wildman–Crippen LogP) is 4.36. The standard InChI is InChI=1S/C20H15F3N2O3/c1-12-6-7-14(10-18(12)28-19(27)13(2)26)17-8-9-25(24-17)16-5-3-4-15(11-16)20(21,22)23/h3-11H,1-2H3. The molecule has 8 heteroatoms. The van der Waals surface area contributed by atoms with Crippen LogP contribution in [-0.4, -0.2) is 21.5 Å². The molecular formula is C20H15F3N2O3. The number of ketones is 1. The molecule has 0 saturated carbocycles. The number of halogens is 3. The van der Waals surface area contributed by atoms with E-state index in [1.165, 1.54) is 23.0 Å². The maximum absolute atomic E-state index is 12.9. The molecule has 0 N–H and O–H groups in total. The third-order valence-corrected chi connectivity index (χ3v) is 4.00. The smallest absolute Gasteiger partial charge is 0.416 e. The summed E-state index contributed by atoms with van der Waals surface area (Å²) in [5, 5.41) is 4.30. The van der Waals surface area contributed by atoms with Crippen LogP contribution in [0.1, 0.15) is 18.1 Å². The quantitative estimate of drug-likeness (QED) is 0.379. The van der Waals surface area contributed by atoms with Crippen LogP contribution in [0.15, 0.2) is 54.7 Å². The summed E-state index contributed by atoms with van der Waals surface area (Å²) in [5.41, 5.74) is 1.20. The van der Waals surface area contributed by atoms with Crippen LogP contribution in [0.25, 0.3) is 16.9 Å². The van der Waals surface area contributed by atoms with Crippen LogP contribution in [0.5, 0.6) is 5.75 Å². The van der Waals surface area contributed by atoms with E-state index in [1.54, 1.807) is 31.2 Å². The Hall–Kier alpha value is -3.42. The Bertz CT molecular complexity index is 1050. The number of aryl methyl sites for hydroxylation is 1. The van der Waals surface area contributed by atoms with Gasteiger partial charge >= 0.3 is 12.1 Å². The van der Waals surface area contributed by atoms with Crippen molar-refractivity contribution in [2.45, 2.75) is 20.0 Å². The third-order valence-electron chi connectivity index (χ3n) is 4.00. The highest BCUT2D eigenvalue weighted by atomic mass is 19.4. The third kappa shape index (κ3) is 4.11. The number of alkyl halides is 3. The first-order valence-corrected chi connectivity index (χ1v) is 8.22. The number of carbonyl (C=O) groups is 2. The van der Waals surface area contributed by atoms with E-state index in [1.807, 2.05) is 0 Å². The van der Waals surface area contributed by atoms with Crippen LogP contribution in [0.4, 0.5) is 13.2 Å². The van der Waals surface area contributed by atoms with Crippen LogP contribution >= 0.6 is 0 Å². The monoisotopic (exact) mass is 388 g/mol. The van der Waals surface area contributed by atoms with Crippen molar-refractivity contribution in [3.63, 3.8) is 0 Å². The molecule has 144 valence electrons. The molecule has 1 heterocycles. The Labute approximate surface area is 158 Å². The average molecular weight is 388 g/mol. The number of ether oxygens (including phenoxy) is 1. The maximum atomic E-state index is 12.9. The fourth-order valence-corrected chi connectivity index (χ4v) is 2.49. The average Bonchev–Trinajstić information content (AvgIpc) is 3.13. The molecule has 5 nitrogen and oxygen atoms in total. The first kappa shape index (κ1) is 19.3. The molecule has 0 amide bonds. The molecule has 0 saturated heterocycles. The molecule has 0 aliphatic heterocycles. The minimum absolute atomic E-state index is 0.214. The largest absolute Gasteiger partial charge is 0.420 e. The molecule has 0 radical (unpaired) electrons. The van der Waals surface area contributed by atoms with Gasteiger partial charge < -0.3 is 4.74 Å². The Balaban J connectivity index is 1.92. The van der Waals surface area contributed by atoms with Crippen LogP contribution < -0.4 is 4.74 Å². The number of carbonyl (C=O) groups excluding carboxylic acids is 2. The second-order valence-corrected chi connectivity index (χ2v) is 6.12. The van der Waals surface area contributed by atoms with Crippen molar-refractivity contribution >= 4 is 11.8 Å². The van der Waals surface area contributed by atoms with Gasteiger partial charge in [-0.1, -0.05) is 18.2 Å². The molecule has 2 aromatic carbocycles. The zero-order valence-corrected chi connectivity index (χ0v) is 14.9. The maximum Gasteiger partial charge on any atom is 0.416 e. The Morgan fingerprint density at radius 2 is 1.82 bits per heavy atom. The van der Waals surface area contributed by atoms with Gasteiger partial charge in [0.05, 0.1) is 16.9 Å². The fraction of sp³-hybridized carbons (Fsp3) is 0.150. The van der Waals surface area contributed by atoms with Crippen molar-refractivity contribution in [1.82, 2.24) is 9.78 Å². The van der Waals surface area contributed by atoms with E-state index in [0.29, 0.717) is 16.8 Å². The molecule has 0 aliphatic carbocycles. The van der Waals surface area contributed by atoms with Gasteiger partial charge in [-0.05, 0) is 42.8 Å². The Morgan fingerprint density at radius 3 is 2.50 bits per heavy atom. The van der Waals surface area contributed by atoms with Crippen molar-refractivity contribution in [1.29, 1.82) is 0 Å². The van der Waals surface area contributed by atoms with Crippen molar-refractivity contribution in [3.05, 3.63) is 65.9 Å². The van der Waals surface area contributed by atoms with E-state index in [2.05, 4.69) is 5.10 Å². The summed E-state index contributed by atoms with van der Waals surface area (Å²) in [6.07, 6.45) is -2.91. The van der Waals surface area contributed by atoms with Crippen molar-refractivity contribution < 1.29 is 27.5 Å². The van der Waals surface area contributed by atoms with E-state index in [9.17, 15) is 22.8 Å². The Kier molecular flexibility index (Phi) is 5.04. The number of benzene rings is 2. The highest BCUT2D eigenvalue weighted by Crippen LogP contribution is 2.31. The lowest BCUT2D eigenvalue weighted by Crippen LogP contribution is -2.17. The normalized spacial score (nSPS) is 11.3. The van der Waals surface area contributed by atoms with E-state index in [0.717, 1.165) is 19.1 Å². The number of Topliss-reactive ketones (excluding diaryl/α,β-unsaturated/α-hetero) is 1. The van der Waals surface area contributed by atoms with Gasteiger partial charge in [-0.25, -0.2) is 9.48 Å². The summed E-state index contributed by atoms with van der Waals surface area (Å²) < 4.78 is 45.1. The van der Waals surface area contributed by atoms with Gasteiger partial charge in [-0.2, -0.15) is 18.3 Å². The molecule has 1 aromatic heterocycles. The molecule has 3 rings (SSSR count). The zero-order valence-electron chi connectivity index (χ0n) is 14.9. The highest BCUT2D eigenvalue weighted by Gasteiger charge is 2.30. The van der Waals surface area contributed by atoms with Crippen LogP contribution in [0, 0.1) is 6.92 Å². The molecule has 0 bridgehead atoms. The minimum Gasteiger partial charge on any atom is -0.420 e.